The van der Waals surface area contributed by atoms with Crippen molar-refractivity contribution < 1.29 is 23.5 Å². The summed E-state index contributed by atoms with van der Waals surface area (Å²) in [6.45, 7) is 8.84. The van der Waals surface area contributed by atoms with Gasteiger partial charge in [-0.3, -0.25) is 4.79 Å². The molecule has 6 nitrogen and oxygen atoms in total. The van der Waals surface area contributed by atoms with E-state index in [1.54, 1.807) is 7.11 Å². The summed E-state index contributed by atoms with van der Waals surface area (Å²) in [4.78, 5) is 27.7. The molecule has 3 aromatic rings. The van der Waals surface area contributed by atoms with Crippen molar-refractivity contribution in [2.75, 3.05) is 13.7 Å². The van der Waals surface area contributed by atoms with Gasteiger partial charge in [-0.2, -0.15) is 0 Å². The third-order valence-corrected chi connectivity index (χ3v) is 12.9. The van der Waals surface area contributed by atoms with E-state index in [2.05, 4.69) is 74.2 Å². The first-order valence-corrected chi connectivity index (χ1v) is 17.7. The van der Waals surface area contributed by atoms with Gasteiger partial charge in [0.25, 0.3) is 8.32 Å². The zero-order valence-corrected chi connectivity index (χ0v) is 27.5. The number of allylic oxidation sites excluding steroid dienone is 2. The molecule has 7 heteroatoms. The van der Waals surface area contributed by atoms with Crippen LogP contribution in [0.5, 0.6) is 0 Å². The maximum absolute atomic E-state index is 13.6. The van der Waals surface area contributed by atoms with Crippen LogP contribution in [0.4, 0.5) is 4.79 Å². The Labute approximate surface area is 268 Å². The summed E-state index contributed by atoms with van der Waals surface area (Å²) in [6.07, 6.45) is 6.85. The van der Waals surface area contributed by atoms with Crippen LogP contribution >= 0.6 is 0 Å². The van der Waals surface area contributed by atoms with Gasteiger partial charge in [0.1, 0.15) is 6.10 Å². The van der Waals surface area contributed by atoms with E-state index in [4.69, 9.17) is 13.9 Å². The summed E-state index contributed by atoms with van der Waals surface area (Å²) in [6, 6.07) is 30.0. The molecular formula is C38H43NO5Si. The predicted octanol–water partition coefficient (Wildman–Crippen LogP) is 6.82. The number of hydrogen-bond acceptors (Lipinski definition) is 5. The van der Waals surface area contributed by atoms with Crippen LogP contribution in [0, 0.1) is 0 Å². The number of rotatable bonds is 12. The average molecular weight is 622 g/mol. The molecule has 1 saturated heterocycles. The average Bonchev–Trinajstić information content (AvgIpc) is 3.36. The molecule has 2 aliphatic rings. The lowest BCUT2D eigenvalue weighted by molar-refractivity contribution is -0.129. The van der Waals surface area contributed by atoms with Crippen molar-refractivity contribution in [2.45, 2.75) is 64.2 Å². The number of ether oxygens (including phenoxy) is 2. The van der Waals surface area contributed by atoms with Crippen molar-refractivity contribution in [1.29, 1.82) is 0 Å². The third kappa shape index (κ3) is 7.11. The molecule has 1 fully saturated rings. The van der Waals surface area contributed by atoms with Crippen molar-refractivity contribution in [1.82, 2.24) is 4.90 Å². The second kappa shape index (κ2) is 14.8. The zero-order valence-electron chi connectivity index (χ0n) is 26.5. The van der Waals surface area contributed by atoms with E-state index in [0.29, 0.717) is 13.0 Å². The first kappa shape index (κ1) is 32.4. The van der Waals surface area contributed by atoms with Crippen LogP contribution in [-0.4, -0.2) is 51.1 Å². The van der Waals surface area contributed by atoms with Crippen LogP contribution in [0.25, 0.3) is 0 Å². The summed E-state index contributed by atoms with van der Waals surface area (Å²) in [5.74, 6) is -0.266. The molecule has 1 heterocycles. The number of methoxy groups -OCH3 is 1. The van der Waals surface area contributed by atoms with Gasteiger partial charge in [-0.05, 0) is 66.2 Å². The van der Waals surface area contributed by atoms with Crippen molar-refractivity contribution in [2.24, 2.45) is 0 Å². The number of imide groups is 1. The van der Waals surface area contributed by atoms with Crippen LogP contribution in [0.15, 0.2) is 126 Å². The van der Waals surface area contributed by atoms with Gasteiger partial charge in [0.15, 0.2) is 0 Å². The van der Waals surface area contributed by atoms with Gasteiger partial charge in [0.2, 0.25) is 5.91 Å². The van der Waals surface area contributed by atoms with Crippen molar-refractivity contribution >= 4 is 30.7 Å². The summed E-state index contributed by atoms with van der Waals surface area (Å²) in [7, 11) is -1.49. The second-order valence-electron chi connectivity index (χ2n) is 11.9. The highest BCUT2D eigenvalue weighted by molar-refractivity contribution is 7.03. The quantitative estimate of drug-likeness (QED) is 0.126. The van der Waals surface area contributed by atoms with E-state index in [-0.39, 0.29) is 18.4 Å². The molecule has 0 spiro atoms. The number of benzene rings is 3. The Kier molecular flexibility index (Phi) is 10.7. The standard InChI is InChI=1S/C38H43NO5Si/c1-28-16-14-19-32(26-28)44-45(33-20-10-6-11-21-33,34-22-12-7-13-23-34)35(29(2)27-42-4)24-15-25-36(40)39-30(3)37(43-38(39)41)31-17-8-5-9-18-31/h5-13,17-18,20-24,26,30,32,37H,2,14-16,19,25,27H2,1,3-4H3/b35-24-/t30-,32?,37-/m0/s1. The van der Waals surface area contributed by atoms with Crippen LogP contribution in [0.3, 0.4) is 0 Å². The van der Waals surface area contributed by atoms with Gasteiger partial charge in [0, 0.05) is 13.5 Å². The lowest BCUT2D eigenvalue weighted by atomic mass is 9.99. The molecule has 0 radical (unpaired) electrons. The van der Waals surface area contributed by atoms with E-state index in [1.807, 2.05) is 49.4 Å². The molecule has 0 bridgehead atoms. The first-order valence-electron chi connectivity index (χ1n) is 15.8. The van der Waals surface area contributed by atoms with E-state index < -0.39 is 26.6 Å². The van der Waals surface area contributed by atoms with Crippen LogP contribution in [0.1, 0.15) is 57.6 Å². The van der Waals surface area contributed by atoms with E-state index in [0.717, 1.165) is 46.0 Å². The number of cyclic esters (lactones) is 1. The first-order chi connectivity index (χ1) is 21.8. The fourth-order valence-corrected chi connectivity index (χ4v) is 10.9. The van der Waals surface area contributed by atoms with Crippen molar-refractivity contribution in [3.05, 3.63) is 132 Å². The molecule has 0 aromatic heterocycles. The highest BCUT2D eigenvalue weighted by Gasteiger charge is 2.47. The molecule has 0 N–H and O–H groups in total. The monoisotopic (exact) mass is 621 g/mol. The molecule has 3 atom stereocenters. The molecule has 0 saturated carbocycles. The Morgan fingerprint density at radius 3 is 2.18 bits per heavy atom. The van der Waals surface area contributed by atoms with Crippen LogP contribution < -0.4 is 10.4 Å². The van der Waals surface area contributed by atoms with E-state index in [1.165, 1.54) is 10.5 Å². The lowest BCUT2D eigenvalue weighted by Gasteiger charge is -2.39. The van der Waals surface area contributed by atoms with Gasteiger partial charge in [-0.1, -0.05) is 115 Å². The Hall–Kier alpha value is -4.04. The molecule has 5 rings (SSSR count). The summed E-state index contributed by atoms with van der Waals surface area (Å²) >= 11 is 0. The fourth-order valence-electron chi connectivity index (χ4n) is 6.54. The minimum atomic E-state index is -3.16. The molecule has 3 aromatic carbocycles. The SMILES string of the molecule is C=C(COC)/C(=C/CCC(=O)N1C(=O)O[C@H](c2ccccc2)[C@@H]1C)[Si](OC1C=C(C)CCC1)(c1ccccc1)c1ccccc1. The Bertz CT molecular complexity index is 1500. The van der Waals surface area contributed by atoms with E-state index in [9.17, 15) is 9.59 Å². The largest absolute Gasteiger partial charge is 0.439 e. The maximum Gasteiger partial charge on any atom is 0.417 e. The fraction of sp³-hybridized carbons (Fsp3) is 0.316. The van der Waals surface area contributed by atoms with Crippen molar-refractivity contribution in [3.8, 4) is 0 Å². The molecule has 1 unspecified atom stereocenters. The normalized spacial score (nSPS) is 20.5. The Morgan fingerprint density at radius 1 is 1.00 bits per heavy atom. The lowest BCUT2D eigenvalue weighted by Crippen LogP contribution is -2.64. The minimum Gasteiger partial charge on any atom is -0.439 e. The third-order valence-electron chi connectivity index (χ3n) is 8.67. The van der Waals surface area contributed by atoms with Gasteiger partial charge < -0.3 is 13.9 Å². The molecule has 1 aliphatic carbocycles. The topological polar surface area (TPSA) is 65.1 Å². The minimum absolute atomic E-state index is 0.0543. The number of carbonyl (C=O) groups excluding carboxylic acids is 2. The van der Waals surface area contributed by atoms with Gasteiger partial charge in [0.05, 0.1) is 18.8 Å². The second-order valence-corrected chi connectivity index (χ2v) is 15.2. The predicted molar refractivity (Wildman–Crippen MR) is 181 cm³/mol. The van der Waals surface area contributed by atoms with Crippen LogP contribution in [-0.2, 0) is 18.7 Å². The highest BCUT2D eigenvalue weighted by atomic mass is 28.4. The smallest absolute Gasteiger partial charge is 0.417 e. The van der Waals surface area contributed by atoms with Gasteiger partial charge in [-0.15, -0.1) is 0 Å². The summed E-state index contributed by atoms with van der Waals surface area (Å²) < 4.78 is 18.7. The van der Waals surface area contributed by atoms with Gasteiger partial charge in [-0.25, -0.2) is 9.69 Å². The Balaban J connectivity index is 1.52. The molecular weight excluding hydrogens is 579 g/mol. The molecule has 2 amide bonds. The maximum atomic E-state index is 13.6. The number of nitrogens with zero attached hydrogens (tertiary/aromatic N) is 1. The molecule has 234 valence electrons. The summed E-state index contributed by atoms with van der Waals surface area (Å²) in [5.41, 5.74) is 3.03. The Morgan fingerprint density at radius 2 is 1.60 bits per heavy atom. The highest BCUT2D eigenvalue weighted by Crippen LogP contribution is 2.34. The van der Waals surface area contributed by atoms with Crippen molar-refractivity contribution in [3.63, 3.8) is 0 Å². The van der Waals surface area contributed by atoms with Gasteiger partial charge >= 0.3 is 6.09 Å². The number of hydrogen-bond donors (Lipinski definition) is 0. The molecule has 45 heavy (non-hydrogen) atoms. The number of amides is 2. The van der Waals surface area contributed by atoms with Crippen LogP contribution in [0.2, 0.25) is 0 Å². The zero-order chi connectivity index (χ0) is 31.8. The summed E-state index contributed by atoms with van der Waals surface area (Å²) in [5, 5.41) is 3.18. The number of carbonyl (C=O) groups is 2. The molecule has 1 aliphatic heterocycles. The van der Waals surface area contributed by atoms with E-state index >= 15 is 0 Å².